The Morgan fingerprint density at radius 1 is 0.840 bits per heavy atom. The van der Waals surface area contributed by atoms with Crippen molar-refractivity contribution < 1.29 is 4.74 Å². The van der Waals surface area contributed by atoms with Crippen LogP contribution in [0.25, 0.3) is 21.6 Å². The summed E-state index contributed by atoms with van der Waals surface area (Å²) in [7, 11) is 0. The SMILES string of the molecule is C/C=C/COc1ccc(-c2ccc(-c3ccc(CCC)s3)cc2)cc1. The average Bonchev–Trinajstić information content (AvgIpc) is 3.12. The van der Waals surface area contributed by atoms with Crippen LogP contribution in [0.2, 0.25) is 0 Å². The number of thiophene rings is 1. The van der Waals surface area contributed by atoms with Gasteiger partial charge in [0.2, 0.25) is 0 Å². The molecule has 1 aromatic heterocycles. The highest BCUT2D eigenvalue weighted by atomic mass is 32.1. The molecule has 0 atom stereocenters. The van der Waals surface area contributed by atoms with Crippen LogP contribution in [-0.4, -0.2) is 6.61 Å². The van der Waals surface area contributed by atoms with Crippen molar-refractivity contribution in [2.24, 2.45) is 0 Å². The quantitative estimate of drug-likeness (QED) is 0.418. The maximum Gasteiger partial charge on any atom is 0.119 e. The van der Waals surface area contributed by atoms with Crippen LogP contribution < -0.4 is 4.74 Å². The van der Waals surface area contributed by atoms with Crippen molar-refractivity contribution >= 4 is 11.3 Å². The third-order valence-corrected chi connectivity index (χ3v) is 5.29. The topological polar surface area (TPSA) is 9.23 Å². The van der Waals surface area contributed by atoms with Crippen molar-refractivity contribution in [3.05, 3.63) is 77.7 Å². The van der Waals surface area contributed by atoms with Crippen molar-refractivity contribution in [2.75, 3.05) is 6.61 Å². The molecule has 0 amide bonds. The van der Waals surface area contributed by atoms with Gasteiger partial charge in [-0.2, -0.15) is 0 Å². The summed E-state index contributed by atoms with van der Waals surface area (Å²) in [6, 6.07) is 21.6. The predicted molar refractivity (Wildman–Crippen MR) is 109 cm³/mol. The molecule has 0 fully saturated rings. The lowest BCUT2D eigenvalue weighted by atomic mass is 10.0. The molecule has 25 heavy (non-hydrogen) atoms. The van der Waals surface area contributed by atoms with Gasteiger partial charge in [-0.05, 0) is 54.3 Å². The molecule has 3 rings (SSSR count). The molecule has 3 aromatic rings. The van der Waals surface area contributed by atoms with Gasteiger partial charge in [-0.25, -0.2) is 0 Å². The van der Waals surface area contributed by atoms with Crippen molar-refractivity contribution in [1.29, 1.82) is 0 Å². The molecule has 0 N–H and O–H groups in total. The fourth-order valence-corrected chi connectivity index (χ4v) is 3.84. The van der Waals surface area contributed by atoms with Gasteiger partial charge in [0.15, 0.2) is 0 Å². The largest absolute Gasteiger partial charge is 0.490 e. The Morgan fingerprint density at radius 3 is 2.12 bits per heavy atom. The zero-order valence-corrected chi connectivity index (χ0v) is 15.7. The second kappa shape index (κ2) is 8.68. The van der Waals surface area contributed by atoms with Gasteiger partial charge in [-0.3, -0.25) is 0 Å². The van der Waals surface area contributed by atoms with Crippen LogP contribution in [0.15, 0.2) is 72.8 Å². The minimum Gasteiger partial charge on any atom is -0.490 e. The van der Waals surface area contributed by atoms with Crippen LogP contribution in [0.3, 0.4) is 0 Å². The summed E-state index contributed by atoms with van der Waals surface area (Å²) in [5, 5.41) is 0. The van der Waals surface area contributed by atoms with E-state index < -0.39 is 0 Å². The number of allylic oxidation sites excluding steroid dienone is 1. The summed E-state index contributed by atoms with van der Waals surface area (Å²) in [5.74, 6) is 0.903. The van der Waals surface area contributed by atoms with E-state index in [-0.39, 0.29) is 0 Å². The van der Waals surface area contributed by atoms with Gasteiger partial charge in [0.05, 0.1) is 0 Å². The Balaban J connectivity index is 1.71. The number of hydrogen-bond donors (Lipinski definition) is 0. The Bertz CT molecular complexity index is 810. The Morgan fingerprint density at radius 2 is 1.48 bits per heavy atom. The second-order valence-electron chi connectivity index (χ2n) is 6.00. The zero-order chi connectivity index (χ0) is 17.5. The maximum absolute atomic E-state index is 5.65. The molecule has 1 heterocycles. The molecule has 128 valence electrons. The highest BCUT2D eigenvalue weighted by Gasteiger charge is 2.04. The average molecular weight is 349 g/mol. The maximum atomic E-state index is 5.65. The van der Waals surface area contributed by atoms with Crippen LogP contribution in [0.4, 0.5) is 0 Å². The molecule has 0 saturated carbocycles. The molecule has 0 aliphatic rings. The van der Waals surface area contributed by atoms with Crippen molar-refractivity contribution in [1.82, 2.24) is 0 Å². The summed E-state index contributed by atoms with van der Waals surface area (Å²) < 4.78 is 5.65. The van der Waals surface area contributed by atoms with Crippen molar-refractivity contribution in [3.8, 4) is 27.3 Å². The zero-order valence-electron chi connectivity index (χ0n) is 14.9. The minimum absolute atomic E-state index is 0.616. The van der Waals surface area contributed by atoms with Gasteiger partial charge >= 0.3 is 0 Å². The highest BCUT2D eigenvalue weighted by Crippen LogP contribution is 2.31. The van der Waals surface area contributed by atoms with E-state index in [4.69, 9.17) is 4.74 Å². The second-order valence-corrected chi connectivity index (χ2v) is 7.17. The third-order valence-electron chi connectivity index (χ3n) is 4.10. The van der Waals surface area contributed by atoms with Gasteiger partial charge in [-0.1, -0.05) is 61.9 Å². The summed E-state index contributed by atoms with van der Waals surface area (Å²) in [4.78, 5) is 2.82. The predicted octanol–water partition coefficient (Wildman–Crippen LogP) is 6.99. The first-order valence-electron chi connectivity index (χ1n) is 8.83. The number of hydrogen-bond acceptors (Lipinski definition) is 2. The highest BCUT2D eigenvalue weighted by molar-refractivity contribution is 7.15. The fraction of sp³-hybridized carbons (Fsp3) is 0.217. The standard InChI is InChI=1S/C23H24OS/c1-3-5-17-24-21-13-11-19(12-14-21)18-7-9-20(10-8-18)23-16-15-22(25-23)6-4-2/h3,5,7-16H,4,6,17H2,1-2H3/b5-3+. The Labute approximate surface area is 154 Å². The molecular weight excluding hydrogens is 324 g/mol. The first-order chi connectivity index (χ1) is 12.3. The van der Waals surface area contributed by atoms with Gasteiger partial charge in [0, 0.05) is 9.75 Å². The molecule has 0 bridgehead atoms. The van der Waals surface area contributed by atoms with E-state index in [2.05, 4.69) is 55.5 Å². The van der Waals surface area contributed by atoms with E-state index in [1.165, 1.54) is 39.3 Å². The summed E-state index contributed by atoms with van der Waals surface area (Å²) in [6.45, 7) is 4.84. The smallest absolute Gasteiger partial charge is 0.119 e. The first kappa shape index (κ1) is 17.5. The van der Waals surface area contributed by atoms with Gasteiger partial charge in [0.1, 0.15) is 12.4 Å². The van der Waals surface area contributed by atoms with Crippen LogP contribution in [0.1, 0.15) is 25.1 Å². The lowest BCUT2D eigenvalue weighted by Crippen LogP contribution is -1.92. The Hall–Kier alpha value is -2.32. The van der Waals surface area contributed by atoms with E-state index in [9.17, 15) is 0 Å². The van der Waals surface area contributed by atoms with E-state index >= 15 is 0 Å². The summed E-state index contributed by atoms with van der Waals surface area (Å²) >= 11 is 1.90. The Kier molecular flexibility index (Phi) is 6.08. The van der Waals surface area contributed by atoms with E-state index in [0.29, 0.717) is 6.61 Å². The molecule has 0 unspecified atom stereocenters. The first-order valence-corrected chi connectivity index (χ1v) is 9.65. The monoisotopic (exact) mass is 348 g/mol. The molecular formula is C23H24OS. The van der Waals surface area contributed by atoms with Gasteiger partial charge in [-0.15, -0.1) is 11.3 Å². The molecule has 0 aliphatic heterocycles. The third kappa shape index (κ3) is 4.61. The van der Waals surface area contributed by atoms with Crippen LogP contribution in [0.5, 0.6) is 5.75 Å². The van der Waals surface area contributed by atoms with Gasteiger partial charge < -0.3 is 4.74 Å². The molecule has 2 aromatic carbocycles. The van der Waals surface area contributed by atoms with E-state index in [1.54, 1.807) is 0 Å². The number of rotatable bonds is 7. The van der Waals surface area contributed by atoms with Crippen LogP contribution >= 0.6 is 11.3 Å². The summed E-state index contributed by atoms with van der Waals surface area (Å²) in [5.41, 5.74) is 3.74. The van der Waals surface area contributed by atoms with Crippen LogP contribution in [-0.2, 0) is 6.42 Å². The van der Waals surface area contributed by atoms with Crippen molar-refractivity contribution in [3.63, 3.8) is 0 Å². The number of benzene rings is 2. The molecule has 0 spiro atoms. The number of ether oxygens (including phenoxy) is 1. The van der Waals surface area contributed by atoms with Gasteiger partial charge in [0.25, 0.3) is 0 Å². The summed E-state index contributed by atoms with van der Waals surface area (Å²) in [6.07, 6.45) is 6.37. The fourth-order valence-electron chi connectivity index (χ4n) is 2.72. The molecule has 0 aliphatic carbocycles. The number of aryl methyl sites for hydroxylation is 1. The molecule has 1 nitrogen and oxygen atoms in total. The molecule has 2 heteroatoms. The van der Waals surface area contributed by atoms with Crippen molar-refractivity contribution in [2.45, 2.75) is 26.7 Å². The molecule has 0 saturated heterocycles. The van der Waals surface area contributed by atoms with Crippen LogP contribution in [0, 0.1) is 0 Å². The molecule has 0 radical (unpaired) electrons. The normalized spacial score (nSPS) is 11.1. The minimum atomic E-state index is 0.616. The lowest BCUT2D eigenvalue weighted by Gasteiger charge is -2.06. The van der Waals surface area contributed by atoms with E-state index in [1.807, 2.05) is 42.5 Å². The lowest BCUT2D eigenvalue weighted by molar-refractivity contribution is 0.363. The van der Waals surface area contributed by atoms with E-state index in [0.717, 1.165) is 5.75 Å².